The van der Waals surface area contributed by atoms with Crippen LogP contribution in [0.25, 0.3) is 0 Å². The van der Waals surface area contributed by atoms with Crippen LogP contribution in [0, 0.1) is 5.41 Å². The zero-order valence-electron chi connectivity index (χ0n) is 12.6. The summed E-state index contributed by atoms with van der Waals surface area (Å²) in [5.74, 6) is -0.569. The number of rotatable bonds is 4. The third-order valence-corrected chi connectivity index (χ3v) is 2.48. The van der Waals surface area contributed by atoms with E-state index in [9.17, 15) is 9.90 Å². The number of hydrogen-bond donors (Lipinski definition) is 4. The molecule has 0 radical (unpaired) electrons. The van der Waals surface area contributed by atoms with Gasteiger partial charge in [-0.2, -0.15) is 0 Å². The highest BCUT2D eigenvalue weighted by Crippen LogP contribution is 2.17. The van der Waals surface area contributed by atoms with E-state index in [1.165, 1.54) is 0 Å². The van der Waals surface area contributed by atoms with Crippen molar-refractivity contribution >= 4 is 5.97 Å². The lowest BCUT2D eigenvalue weighted by Crippen LogP contribution is -2.20. The molecule has 1 rings (SSSR count). The van der Waals surface area contributed by atoms with E-state index in [2.05, 4.69) is 5.32 Å². The molecule has 0 saturated heterocycles. The van der Waals surface area contributed by atoms with Crippen LogP contribution in [0.1, 0.15) is 39.4 Å². The van der Waals surface area contributed by atoms with Gasteiger partial charge in [-0.25, -0.2) is 0 Å². The average molecular weight is 283 g/mol. The number of carboxylic acid groups (broad SMARTS) is 1. The summed E-state index contributed by atoms with van der Waals surface area (Å²) in [5.41, 5.74) is 0.154. The zero-order valence-corrected chi connectivity index (χ0v) is 12.6. The first-order chi connectivity index (χ1) is 9.18. The topological polar surface area (TPSA) is 89.8 Å². The summed E-state index contributed by atoms with van der Waals surface area (Å²) in [7, 11) is 0. The van der Waals surface area contributed by atoms with Gasteiger partial charge in [0.1, 0.15) is 5.75 Å². The number of likely N-dealkylation sites (N-methyl/N-ethyl adjacent to an activating group) is 1. The van der Waals surface area contributed by atoms with Crippen molar-refractivity contribution in [3.05, 3.63) is 29.8 Å². The van der Waals surface area contributed by atoms with Crippen molar-refractivity contribution in [1.82, 2.24) is 5.32 Å². The molecule has 1 aromatic rings. The molecule has 0 spiro atoms. The number of aliphatic hydroxyl groups excluding tert-OH is 1. The lowest BCUT2D eigenvalue weighted by molar-refractivity contribution is -0.145. The van der Waals surface area contributed by atoms with Crippen LogP contribution in [0.3, 0.4) is 0 Å². The van der Waals surface area contributed by atoms with E-state index in [1.807, 2.05) is 6.92 Å². The fourth-order valence-electron chi connectivity index (χ4n) is 1.13. The summed E-state index contributed by atoms with van der Waals surface area (Å²) < 4.78 is 0. The molecule has 4 N–H and O–H groups in total. The second-order valence-electron chi connectivity index (χ2n) is 5.47. The molecule has 1 unspecified atom stereocenters. The number of aliphatic hydroxyl groups is 1. The molecule has 0 aromatic heterocycles. The number of nitrogens with one attached hydrogen (secondary N) is 1. The van der Waals surface area contributed by atoms with E-state index in [0.717, 1.165) is 12.1 Å². The van der Waals surface area contributed by atoms with E-state index in [4.69, 9.17) is 10.2 Å². The molecule has 0 heterocycles. The average Bonchev–Trinajstić information content (AvgIpc) is 2.35. The van der Waals surface area contributed by atoms with Crippen LogP contribution in [0.5, 0.6) is 5.75 Å². The molecule has 0 aliphatic carbocycles. The van der Waals surface area contributed by atoms with Crippen molar-refractivity contribution < 1.29 is 20.1 Å². The van der Waals surface area contributed by atoms with Crippen LogP contribution < -0.4 is 5.32 Å². The summed E-state index contributed by atoms with van der Waals surface area (Å²) in [4.78, 5) is 10.0. The number of aliphatic carboxylic acids is 1. The van der Waals surface area contributed by atoms with Gasteiger partial charge in [-0.1, -0.05) is 19.1 Å². The Labute approximate surface area is 120 Å². The van der Waals surface area contributed by atoms with Crippen molar-refractivity contribution in [3.8, 4) is 5.75 Å². The van der Waals surface area contributed by atoms with Crippen LogP contribution >= 0.6 is 0 Å². The molecule has 0 aliphatic rings. The summed E-state index contributed by atoms with van der Waals surface area (Å²) in [6.07, 6.45) is -0.549. The Morgan fingerprint density at radius 1 is 1.35 bits per heavy atom. The molecule has 5 nitrogen and oxygen atoms in total. The Morgan fingerprint density at radius 2 is 1.90 bits per heavy atom. The monoisotopic (exact) mass is 283 g/mol. The van der Waals surface area contributed by atoms with Crippen LogP contribution in [-0.2, 0) is 4.79 Å². The van der Waals surface area contributed by atoms with Crippen LogP contribution in [0.2, 0.25) is 0 Å². The summed E-state index contributed by atoms with van der Waals surface area (Å²) in [6.45, 7) is 8.31. The highest BCUT2D eigenvalue weighted by Gasteiger charge is 2.18. The molecular formula is C15H25NO4. The van der Waals surface area contributed by atoms with E-state index in [-0.39, 0.29) is 5.75 Å². The molecule has 0 bridgehead atoms. The molecule has 5 heteroatoms. The molecule has 1 atom stereocenters. The fraction of sp³-hybridized carbons (Fsp3) is 0.533. The van der Waals surface area contributed by atoms with Gasteiger partial charge in [0.2, 0.25) is 0 Å². The van der Waals surface area contributed by atoms with Gasteiger partial charge in [-0.15, -0.1) is 0 Å². The standard InChI is InChI=1S/C10H15NO2.C5H10O2/c1-2-11-7-10(13)8-4-3-5-9(12)6-8;1-5(2,3)4(6)7/h3-6,10-13H,2,7H2,1H3;1-3H3,(H,6,7). The van der Waals surface area contributed by atoms with Gasteiger partial charge in [0.05, 0.1) is 11.5 Å². The zero-order chi connectivity index (χ0) is 15.8. The third-order valence-electron chi connectivity index (χ3n) is 2.48. The maximum absolute atomic E-state index is 10.0. The van der Waals surface area contributed by atoms with Crippen LogP contribution in [0.4, 0.5) is 0 Å². The first-order valence-corrected chi connectivity index (χ1v) is 6.59. The quantitative estimate of drug-likeness (QED) is 0.680. The van der Waals surface area contributed by atoms with Gasteiger partial charge in [0.15, 0.2) is 0 Å². The predicted molar refractivity (Wildman–Crippen MR) is 78.7 cm³/mol. The summed E-state index contributed by atoms with van der Waals surface area (Å²) >= 11 is 0. The number of phenols is 1. The van der Waals surface area contributed by atoms with Crippen molar-refractivity contribution in [2.75, 3.05) is 13.1 Å². The Bertz CT molecular complexity index is 413. The number of benzene rings is 1. The Kier molecular flexibility index (Phi) is 7.87. The molecule has 1 aromatic carbocycles. The fourth-order valence-corrected chi connectivity index (χ4v) is 1.13. The first-order valence-electron chi connectivity index (χ1n) is 6.59. The number of carbonyl (C=O) groups is 1. The van der Waals surface area contributed by atoms with Crippen molar-refractivity contribution in [1.29, 1.82) is 0 Å². The third kappa shape index (κ3) is 7.76. The van der Waals surface area contributed by atoms with Crippen LogP contribution in [-0.4, -0.2) is 34.4 Å². The molecule has 0 aliphatic heterocycles. The smallest absolute Gasteiger partial charge is 0.308 e. The first kappa shape index (κ1) is 18.4. The SMILES string of the molecule is CC(C)(C)C(=O)O.CCNCC(O)c1cccc(O)c1. The number of hydrogen-bond acceptors (Lipinski definition) is 4. The van der Waals surface area contributed by atoms with E-state index in [0.29, 0.717) is 6.54 Å². The molecule has 20 heavy (non-hydrogen) atoms. The molecule has 0 saturated carbocycles. The lowest BCUT2D eigenvalue weighted by Gasteiger charge is -2.11. The second kappa shape index (κ2) is 8.55. The summed E-state index contributed by atoms with van der Waals surface area (Å²) in [5, 5.41) is 30.0. The second-order valence-corrected chi connectivity index (χ2v) is 5.47. The minimum atomic E-state index is -0.757. The molecule has 0 fully saturated rings. The number of phenolic OH excluding ortho intramolecular Hbond substituents is 1. The van der Waals surface area contributed by atoms with Gasteiger partial charge < -0.3 is 20.6 Å². The Morgan fingerprint density at radius 3 is 2.30 bits per heavy atom. The normalized spacial score (nSPS) is 12.2. The minimum Gasteiger partial charge on any atom is -0.508 e. The summed E-state index contributed by atoms with van der Waals surface area (Å²) in [6, 6.07) is 6.67. The van der Waals surface area contributed by atoms with Gasteiger partial charge in [0, 0.05) is 6.54 Å². The number of carboxylic acids is 1. The predicted octanol–water partition coefficient (Wildman–Crippen LogP) is 2.15. The minimum absolute atomic E-state index is 0.188. The van der Waals surface area contributed by atoms with Gasteiger partial charge in [0.25, 0.3) is 0 Å². The van der Waals surface area contributed by atoms with E-state index >= 15 is 0 Å². The maximum Gasteiger partial charge on any atom is 0.308 e. The van der Waals surface area contributed by atoms with Crippen molar-refractivity contribution in [2.45, 2.75) is 33.8 Å². The lowest BCUT2D eigenvalue weighted by atomic mass is 9.98. The van der Waals surface area contributed by atoms with E-state index in [1.54, 1.807) is 45.0 Å². The highest BCUT2D eigenvalue weighted by molar-refractivity contribution is 5.72. The van der Waals surface area contributed by atoms with E-state index < -0.39 is 17.5 Å². The molecular weight excluding hydrogens is 258 g/mol. The maximum atomic E-state index is 10.0. The van der Waals surface area contributed by atoms with Gasteiger partial charge >= 0.3 is 5.97 Å². The van der Waals surface area contributed by atoms with Crippen molar-refractivity contribution in [2.24, 2.45) is 5.41 Å². The molecule has 0 amide bonds. The molecule has 114 valence electrons. The largest absolute Gasteiger partial charge is 0.508 e. The van der Waals surface area contributed by atoms with Crippen molar-refractivity contribution in [3.63, 3.8) is 0 Å². The van der Waals surface area contributed by atoms with Gasteiger partial charge in [-0.05, 0) is 45.0 Å². The van der Waals surface area contributed by atoms with Gasteiger partial charge in [-0.3, -0.25) is 4.79 Å². The Hall–Kier alpha value is -1.59. The number of aromatic hydroxyl groups is 1. The Balaban J connectivity index is 0.000000441. The van der Waals surface area contributed by atoms with Crippen LogP contribution in [0.15, 0.2) is 24.3 Å². The highest BCUT2D eigenvalue weighted by atomic mass is 16.4.